The summed E-state index contributed by atoms with van der Waals surface area (Å²) in [6, 6.07) is 8.28. The highest BCUT2D eigenvalue weighted by molar-refractivity contribution is 7.13. The molecule has 2 aromatic rings. The molecule has 4 heteroatoms. The van der Waals surface area contributed by atoms with Crippen LogP contribution in [0.25, 0.3) is 0 Å². The molecule has 1 aromatic heterocycles. The van der Waals surface area contributed by atoms with Gasteiger partial charge < -0.3 is 5.11 Å². The molecule has 0 aliphatic rings. The Labute approximate surface area is 123 Å². The van der Waals surface area contributed by atoms with Crippen molar-refractivity contribution in [1.29, 1.82) is 0 Å². The Balaban J connectivity index is 2.33. The molecule has 0 atom stereocenters. The van der Waals surface area contributed by atoms with Crippen LogP contribution in [0.1, 0.15) is 45.3 Å². The summed E-state index contributed by atoms with van der Waals surface area (Å²) in [5, 5.41) is 10.0. The molecule has 1 aromatic carbocycles. The molecule has 0 aliphatic heterocycles. The first-order valence-corrected chi connectivity index (χ1v) is 7.38. The largest absolute Gasteiger partial charge is 0.477 e. The third-order valence-electron chi connectivity index (χ3n) is 3.46. The van der Waals surface area contributed by atoms with E-state index in [1.165, 1.54) is 22.5 Å². The highest BCUT2D eigenvalue weighted by atomic mass is 32.1. The van der Waals surface area contributed by atoms with Gasteiger partial charge in [0.15, 0.2) is 0 Å². The van der Waals surface area contributed by atoms with Crippen molar-refractivity contribution >= 4 is 17.3 Å². The summed E-state index contributed by atoms with van der Waals surface area (Å²) in [7, 11) is 0. The molecule has 0 saturated carbocycles. The van der Waals surface area contributed by atoms with Crippen molar-refractivity contribution < 1.29 is 9.90 Å². The van der Waals surface area contributed by atoms with E-state index in [1.807, 2.05) is 12.1 Å². The molecule has 0 aliphatic carbocycles. The molecule has 1 N–H and O–H groups in total. The molecule has 0 radical (unpaired) electrons. The van der Waals surface area contributed by atoms with Gasteiger partial charge in [0.1, 0.15) is 4.88 Å². The molecule has 3 nitrogen and oxygen atoms in total. The lowest BCUT2D eigenvalue weighted by atomic mass is 9.85. The summed E-state index contributed by atoms with van der Waals surface area (Å²) in [4.78, 5) is 16.0. The average Bonchev–Trinajstić information content (AvgIpc) is 2.75. The Morgan fingerprint density at radius 3 is 2.50 bits per heavy atom. The van der Waals surface area contributed by atoms with Crippen molar-refractivity contribution in [2.45, 2.75) is 39.5 Å². The molecule has 2 rings (SSSR count). The average molecular weight is 289 g/mol. The van der Waals surface area contributed by atoms with Crippen molar-refractivity contribution in [2.24, 2.45) is 0 Å². The number of aromatic nitrogens is 1. The zero-order chi connectivity index (χ0) is 14.9. The van der Waals surface area contributed by atoms with Crippen LogP contribution in [0.15, 0.2) is 24.3 Å². The lowest BCUT2D eigenvalue weighted by Crippen LogP contribution is -2.20. The predicted octanol–water partition coefficient (Wildman–Crippen LogP) is 3.98. The zero-order valence-electron chi connectivity index (χ0n) is 12.2. The van der Waals surface area contributed by atoms with E-state index in [4.69, 9.17) is 5.11 Å². The van der Waals surface area contributed by atoms with Crippen LogP contribution in [0.3, 0.4) is 0 Å². The van der Waals surface area contributed by atoms with Gasteiger partial charge in [-0.15, -0.1) is 11.3 Å². The Kier molecular flexibility index (Phi) is 3.95. The van der Waals surface area contributed by atoms with Gasteiger partial charge in [-0.3, -0.25) is 0 Å². The van der Waals surface area contributed by atoms with Gasteiger partial charge >= 0.3 is 5.97 Å². The smallest absolute Gasteiger partial charge is 0.347 e. The Bertz CT molecular complexity index is 644. The Morgan fingerprint density at radius 2 is 1.95 bits per heavy atom. The summed E-state index contributed by atoms with van der Waals surface area (Å²) < 4.78 is 0. The first kappa shape index (κ1) is 14.7. The second kappa shape index (κ2) is 5.37. The normalized spacial score (nSPS) is 11.6. The number of carbonyl (C=O) groups is 1. The molecule has 0 bridgehead atoms. The van der Waals surface area contributed by atoms with Gasteiger partial charge in [0.2, 0.25) is 0 Å². The number of rotatable bonds is 4. The fraction of sp³-hybridized carbons (Fsp3) is 0.375. The van der Waals surface area contributed by atoms with Gasteiger partial charge in [0, 0.05) is 5.41 Å². The molecule has 1 heterocycles. The molecular formula is C16H19NO2S. The van der Waals surface area contributed by atoms with Gasteiger partial charge in [-0.1, -0.05) is 38.1 Å². The number of nitrogens with zero attached hydrogens (tertiary/aromatic N) is 1. The molecular weight excluding hydrogens is 270 g/mol. The molecule has 0 fully saturated rings. The molecule has 0 saturated heterocycles. The monoisotopic (exact) mass is 289 g/mol. The lowest BCUT2D eigenvalue weighted by molar-refractivity contribution is 0.0701. The molecule has 106 valence electrons. The van der Waals surface area contributed by atoms with Crippen molar-refractivity contribution in [2.75, 3.05) is 0 Å². The van der Waals surface area contributed by atoms with E-state index in [-0.39, 0.29) is 5.41 Å². The minimum Gasteiger partial charge on any atom is -0.477 e. The van der Waals surface area contributed by atoms with E-state index in [0.29, 0.717) is 10.6 Å². The number of hydrogen-bond donors (Lipinski definition) is 1. The summed E-state index contributed by atoms with van der Waals surface area (Å²) in [6.07, 6.45) is 0.853. The maximum Gasteiger partial charge on any atom is 0.347 e. The minimum absolute atomic E-state index is 0.171. The summed E-state index contributed by atoms with van der Waals surface area (Å²) in [6.45, 7) is 8.08. The van der Waals surface area contributed by atoms with Crippen LogP contribution in [0.5, 0.6) is 0 Å². The molecule has 0 amide bonds. The van der Waals surface area contributed by atoms with E-state index < -0.39 is 5.97 Å². The van der Waals surface area contributed by atoms with Crippen molar-refractivity contribution in [3.05, 3.63) is 51.0 Å². The van der Waals surface area contributed by atoms with Crippen LogP contribution in [-0.4, -0.2) is 16.1 Å². The van der Waals surface area contributed by atoms with Crippen molar-refractivity contribution in [1.82, 2.24) is 4.98 Å². The van der Waals surface area contributed by atoms with Crippen LogP contribution < -0.4 is 0 Å². The summed E-state index contributed by atoms with van der Waals surface area (Å²) in [5.74, 6) is -0.891. The fourth-order valence-electron chi connectivity index (χ4n) is 2.24. The van der Waals surface area contributed by atoms with E-state index in [2.05, 4.69) is 37.9 Å². The number of carboxylic acids is 1. The second-order valence-corrected chi connectivity index (χ2v) is 6.72. The SMILES string of the molecule is Cc1ccccc1CC(C)(C)c1nc(C)c(C(=O)O)s1. The first-order valence-electron chi connectivity index (χ1n) is 6.57. The van der Waals surface area contributed by atoms with Crippen LogP contribution in [0.4, 0.5) is 0 Å². The van der Waals surface area contributed by atoms with Crippen molar-refractivity contribution in [3.8, 4) is 0 Å². The molecule has 0 spiro atoms. The van der Waals surface area contributed by atoms with Gasteiger partial charge in [0.05, 0.1) is 10.7 Å². The third-order valence-corrected chi connectivity index (χ3v) is 4.97. The summed E-state index contributed by atoms with van der Waals surface area (Å²) in [5.41, 5.74) is 2.97. The van der Waals surface area contributed by atoms with E-state index >= 15 is 0 Å². The minimum atomic E-state index is -0.891. The van der Waals surface area contributed by atoms with Gasteiger partial charge in [-0.2, -0.15) is 0 Å². The standard InChI is InChI=1S/C16H19NO2S/c1-10-7-5-6-8-12(10)9-16(3,4)15-17-11(2)13(20-15)14(18)19/h5-8H,9H2,1-4H3,(H,18,19). The quantitative estimate of drug-likeness (QED) is 0.926. The predicted molar refractivity (Wildman–Crippen MR) is 81.7 cm³/mol. The van der Waals surface area contributed by atoms with Gasteiger partial charge in [-0.05, 0) is 31.4 Å². The molecule has 0 unspecified atom stereocenters. The fourth-order valence-corrected chi connectivity index (χ4v) is 3.25. The van der Waals surface area contributed by atoms with Crippen molar-refractivity contribution in [3.63, 3.8) is 0 Å². The van der Waals surface area contributed by atoms with E-state index in [0.717, 1.165) is 11.4 Å². The number of aromatic carboxylic acids is 1. The number of thiazole rings is 1. The second-order valence-electron chi connectivity index (χ2n) is 5.73. The third kappa shape index (κ3) is 2.90. The van der Waals surface area contributed by atoms with E-state index in [9.17, 15) is 4.79 Å². The topological polar surface area (TPSA) is 50.2 Å². The Hall–Kier alpha value is -1.68. The number of carboxylic acid groups (broad SMARTS) is 1. The molecule has 20 heavy (non-hydrogen) atoms. The maximum absolute atomic E-state index is 11.1. The Morgan fingerprint density at radius 1 is 1.30 bits per heavy atom. The lowest BCUT2D eigenvalue weighted by Gasteiger charge is -2.23. The van der Waals surface area contributed by atoms with Crippen LogP contribution in [-0.2, 0) is 11.8 Å². The summed E-state index contributed by atoms with van der Waals surface area (Å²) >= 11 is 1.29. The van der Waals surface area contributed by atoms with E-state index in [1.54, 1.807) is 6.92 Å². The van der Waals surface area contributed by atoms with Gasteiger partial charge in [0.25, 0.3) is 0 Å². The van der Waals surface area contributed by atoms with Crippen LogP contribution >= 0.6 is 11.3 Å². The van der Waals surface area contributed by atoms with Crippen LogP contribution in [0.2, 0.25) is 0 Å². The highest BCUT2D eigenvalue weighted by Crippen LogP contribution is 2.33. The zero-order valence-corrected chi connectivity index (χ0v) is 13.0. The number of aryl methyl sites for hydroxylation is 2. The van der Waals surface area contributed by atoms with Crippen LogP contribution in [0, 0.1) is 13.8 Å². The number of hydrogen-bond acceptors (Lipinski definition) is 3. The van der Waals surface area contributed by atoms with Gasteiger partial charge in [-0.25, -0.2) is 9.78 Å². The maximum atomic E-state index is 11.1. The first-order chi connectivity index (χ1) is 9.31. The highest BCUT2D eigenvalue weighted by Gasteiger charge is 2.28. The number of benzene rings is 1.